The van der Waals surface area contributed by atoms with Crippen LogP contribution in [0.1, 0.15) is 64.4 Å². The minimum Gasteiger partial charge on any atom is -0.490 e. The number of likely N-dealkylation sites (tertiary alicyclic amines) is 1. The molecule has 2 aromatic carbocycles. The van der Waals surface area contributed by atoms with Gasteiger partial charge in [-0.25, -0.2) is 0 Å². The molecule has 1 saturated carbocycles. The van der Waals surface area contributed by atoms with Crippen LogP contribution in [-0.2, 0) is 20.7 Å². The van der Waals surface area contributed by atoms with Crippen molar-refractivity contribution < 1.29 is 19.0 Å². The number of hydrogen-bond donors (Lipinski definition) is 0. The summed E-state index contributed by atoms with van der Waals surface area (Å²) in [5.41, 5.74) is 1.38. The lowest BCUT2D eigenvalue weighted by Crippen LogP contribution is -2.38. The van der Waals surface area contributed by atoms with Gasteiger partial charge in [-0.3, -0.25) is 4.79 Å². The van der Waals surface area contributed by atoms with Gasteiger partial charge in [-0.05, 0) is 106 Å². The molecule has 1 aliphatic carbocycles. The fourth-order valence-electron chi connectivity index (χ4n) is 5.55. The Morgan fingerprint density at radius 3 is 2.54 bits per heavy atom. The van der Waals surface area contributed by atoms with Crippen LogP contribution in [-0.4, -0.2) is 56.4 Å². The highest BCUT2D eigenvalue weighted by atomic mass is 16.5. The zero-order chi connectivity index (χ0) is 24.5. The van der Waals surface area contributed by atoms with Crippen LogP contribution < -0.4 is 4.74 Å². The number of carbonyl (C=O) groups is 1. The van der Waals surface area contributed by atoms with Crippen molar-refractivity contribution in [3.05, 3.63) is 42.0 Å². The van der Waals surface area contributed by atoms with Crippen LogP contribution in [0.25, 0.3) is 10.8 Å². The van der Waals surface area contributed by atoms with Crippen LogP contribution >= 0.6 is 0 Å². The largest absolute Gasteiger partial charge is 0.490 e. The second-order valence-corrected chi connectivity index (χ2v) is 10.3. The molecule has 0 N–H and O–H groups in total. The van der Waals surface area contributed by atoms with E-state index >= 15 is 0 Å². The fourth-order valence-corrected chi connectivity index (χ4v) is 5.55. The van der Waals surface area contributed by atoms with Gasteiger partial charge < -0.3 is 19.1 Å². The molecule has 2 fully saturated rings. The van der Waals surface area contributed by atoms with Crippen molar-refractivity contribution in [2.75, 3.05) is 39.5 Å². The van der Waals surface area contributed by atoms with E-state index in [1.54, 1.807) is 0 Å². The average Bonchev–Trinajstić information content (AvgIpc) is 2.89. The summed E-state index contributed by atoms with van der Waals surface area (Å²) in [4.78, 5) is 14.5. The van der Waals surface area contributed by atoms with E-state index in [1.807, 2.05) is 6.92 Å². The molecule has 0 unspecified atom stereocenters. The van der Waals surface area contributed by atoms with Crippen molar-refractivity contribution in [3.8, 4) is 5.75 Å². The molecule has 2 aromatic rings. The average molecular weight is 482 g/mol. The molecule has 0 bridgehead atoms. The molecule has 0 radical (unpaired) electrons. The summed E-state index contributed by atoms with van der Waals surface area (Å²) in [6.45, 7) is 9.27. The van der Waals surface area contributed by atoms with Gasteiger partial charge in [0, 0.05) is 19.8 Å². The van der Waals surface area contributed by atoms with E-state index in [0.29, 0.717) is 18.6 Å². The lowest BCUT2D eigenvalue weighted by Gasteiger charge is -2.30. The summed E-state index contributed by atoms with van der Waals surface area (Å²) in [5, 5.41) is 2.57. The third-order valence-corrected chi connectivity index (χ3v) is 7.65. The van der Waals surface area contributed by atoms with Crippen molar-refractivity contribution in [1.29, 1.82) is 0 Å². The molecule has 1 aliphatic heterocycles. The quantitative estimate of drug-likeness (QED) is 0.290. The first-order valence-electron chi connectivity index (χ1n) is 13.8. The number of esters is 1. The van der Waals surface area contributed by atoms with E-state index in [-0.39, 0.29) is 11.9 Å². The summed E-state index contributed by atoms with van der Waals surface area (Å²) < 4.78 is 17.3. The number of fused-ring (bicyclic) bond motifs is 1. The van der Waals surface area contributed by atoms with Crippen LogP contribution in [0.5, 0.6) is 5.75 Å². The van der Waals surface area contributed by atoms with E-state index in [0.717, 1.165) is 77.1 Å². The minimum atomic E-state index is -0.0201. The van der Waals surface area contributed by atoms with Gasteiger partial charge in [-0.2, -0.15) is 0 Å². The Balaban J connectivity index is 1.26. The van der Waals surface area contributed by atoms with Gasteiger partial charge in [0.1, 0.15) is 5.75 Å². The number of hydrogen-bond acceptors (Lipinski definition) is 5. The van der Waals surface area contributed by atoms with Gasteiger partial charge in [0.05, 0.1) is 18.6 Å². The van der Waals surface area contributed by atoms with E-state index in [4.69, 9.17) is 14.2 Å². The van der Waals surface area contributed by atoms with Gasteiger partial charge >= 0.3 is 5.97 Å². The van der Waals surface area contributed by atoms with Gasteiger partial charge in [0.15, 0.2) is 0 Å². The standard InChI is InChI=1S/C30H43NO4/c1-3-20-33-22-23-8-10-27(11-9-23)35-28-12-13-29-24(6-5-7-26(29)21-28)14-17-31-18-15-25(16-19-31)30(32)34-4-2/h5-7,12-13,21,23,25,27H,3-4,8-11,14-20,22H2,1-2H3. The molecule has 192 valence electrons. The maximum Gasteiger partial charge on any atom is 0.309 e. The second kappa shape index (κ2) is 13.3. The Kier molecular flexibility index (Phi) is 9.84. The van der Waals surface area contributed by atoms with E-state index in [2.05, 4.69) is 48.2 Å². The molecule has 0 atom stereocenters. The van der Waals surface area contributed by atoms with Gasteiger partial charge in [0.2, 0.25) is 0 Å². The summed E-state index contributed by atoms with van der Waals surface area (Å²) >= 11 is 0. The predicted octanol–water partition coefficient (Wildman–Crippen LogP) is 6.02. The highest BCUT2D eigenvalue weighted by Crippen LogP contribution is 2.30. The molecule has 1 heterocycles. The maximum absolute atomic E-state index is 12.0. The van der Waals surface area contributed by atoms with Gasteiger partial charge in [0.25, 0.3) is 0 Å². The Labute approximate surface area is 211 Å². The molecule has 5 heteroatoms. The molecule has 35 heavy (non-hydrogen) atoms. The van der Waals surface area contributed by atoms with E-state index in [9.17, 15) is 4.79 Å². The number of carbonyl (C=O) groups excluding carboxylic acids is 1. The summed E-state index contributed by atoms with van der Waals surface area (Å²) in [6, 6.07) is 13.2. The lowest BCUT2D eigenvalue weighted by molar-refractivity contribution is -0.149. The molecular formula is C30H43NO4. The zero-order valence-corrected chi connectivity index (χ0v) is 21.7. The first kappa shape index (κ1) is 26.0. The first-order valence-corrected chi connectivity index (χ1v) is 13.8. The SMILES string of the molecule is CCCOCC1CCC(Oc2ccc3c(CCN4CCC(C(=O)OCC)CC4)cccc3c2)CC1. The number of rotatable bonds is 11. The zero-order valence-electron chi connectivity index (χ0n) is 21.7. The maximum atomic E-state index is 12.0. The lowest BCUT2D eigenvalue weighted by atomic mass is 9.88. The highest BCUT2D eigenvalue weighted by Gasteiger charge is 2.26. The van der Waals surface area contributed by atoms with Crippen molar-refractivity contribution in [2.45, 2.75) is 71.3 Å². The molecule has 4 rings (SSSR count). The van der Waals surface area contributed by atoms with Crippen LogP contribution in [0.3, 0.4) is 0 Å². The third kappa shape index (κ3) is 7.44. The monoisotopic (exact) mass is 481 g/mol. The highest BCUT2D eigenvalue weighted by molar-refractivity contribution is 5.87. The molecule has 0 aromatic heterocycles. The number of nitrogens with zero attached hydrogens (tertiary/aromatic N) is 1. The molecule has 1 saturated heterocycles. The topological polar surface area (TPSA) is 48.0 Å². The van der Waals surface area contributed by atoms with E-state index < -0.39 is 0 Å². The Hall–Kier alpha value is -2.11. The van der Waals surface area contributed by atoms with Crippen LogP contribution in [0, 0.1) is 11.8 Å². The number of benzene rings is 2. The summed E-state index contributed by atoms with van der Waals surface area (Å²) in [7, 11) is 0. The van der Waals surface area contributed by atoms with Crippen LogP contribution in [0.4, 0.5) is 0 Å². The predicted molar refractivity (Wildman–Crippen MR) is 141 cm³/mol. The molecule has 0 spiro atoms. The summed E-state index contributed by atoms with van der Waals surface area (Å²) in [5.74, 6) is 1.73. The Bertz CT molecular complexity index is 929. The van der Waals surface area contributed by atoms with Crippen molar-refractivity contribution in [1.82, 2.24) is 4.90 Å². The molecule has 0 amide bonds. The molecule has 2 aliphatic rings. The Morgan fingerprint density at radius 2 is 1.80 bits per heavy atom. The smallest absolute Gasteiger partial charge is 0.309 e. The Morgan fingerprint density at radius 1 is 1.00 bits per heavy atom. The van der Waals surface area contributed by atoms with Crippen LogP contribution in [0.2, 0.25) is 0 Å². The van der Waals surface area contributed by atoms with Crippen molar-refractivity contribution >= 4 is 16.7 Å². The van der Waals surface area contributed by atoms with Crippen molar-refractivity contribution in [2.24, 2.45) is 11.8 Å². The number of ether oxygens (including phenoxy) is 3. The first-order chi connectivity index (χ1) is 17.2. The van der Waals surface area contributed by atoms with Crippen molar-refractivity contribution in [3.63, 3.8) is 0 Å². The summed E-state index contributed by atoms with van der Waals surface area (Å²) in [6.07, 6.45) is 8.87. The van der Waals surface area contributed by atoms with E-state index in [1.165, 1.54) is 29.2 Å². The molecular weight excluding hydrogens is 438 g/mol. The normalized spacial score (nSPS) is 21.8. The van der Waals surface area contributed by atoms with Crippen LogP contribution in [0.15, 0.2) is 36.4 Å². The second-order valence-electron chi connectivity index (χ2n) is 10.3. The fraction of sp³-hybridized carbons (Fsp3) is 0.633. The van der Waals surface area contributed by atoms with Gasteiger partial charge in [-0.15, -0.1) is 0 Å². The minimum absolute atomic E-state index is 0.0201. The number of piperidine rings is 1. The van der Waals surface area contributed by atoms with Gasteiger partial charge in [-0.1, -0.05) is 31.2 Å². The molecule has 5 nitrogen and oxygen atoms in total. The third-order valence-electron chi connectivity index (χ3n) is 7.65.